The van der Waals surface area contributed by atoms with E-state index < -0.39 is 0 Å². The van der Waals surface area contributed by atoms with Crippen molar-refractivity contribution >= 4 is 0 Å². The Bertz CT molecular complexity index is 284. The largest absolute Gasteiger partial charge is 0.375 e. The number of hydrogen-bond donors (Lipinski definition) is 1. The Hall–Kier alpha value is -0.120. The van der Waals surface area contributed by atoms with Gasteiger partial charge in [-0.2, -0.15) is 0 Å². The van der Waals surface area contributed by atoms with E-state index in [9.17, 15) is 0 Å². The van der Waals surface area contributed by atoms with E-state index >= 15 is 0 Å². The Morgan fingerprint density at radius 3 is 2.89 bits per heavy atom. The van der Waals surface area contributed by atoms with E-state index in [0.717, 1.165) is 37.7 Å². The summed E-state index contributed by atoms with van der Waals surface area (Å²) in [5.41, 5.74) is 0. The lowest BCUT2D eigenvalue weighted by Crippen LogP contribution is -2.51. The Morgan fingerprint density at radius 1 is 1.11 bits per heavy atom. The predicted octanol–water partition coefficient (Wildman–Crippen LogP) is 2.41. The van der Waals surface area contributed by atoms with Gasteiger partial charge in [0.1, 0.15) is 0 Å². The number of hydrogen-bond acceptors (Lipinski definition) is 3. The van der Waals surface area contributed by atoms with Crippen LogP contribution in [0.15, 0.2) is 0 Å². The minimum absolute atomic E-state index is 0.544. The fourth-order valence-electron chi connectivity index (χ4n) is 4.30. The number of morpholine rings is 1. The maximum absolute atomic E-state index is 5.88. The summed E-state index contributed by atoms with van der Waals surface area (Å²) in [5, 5.41) is 3.82. The molecule has 110 valence electrons. The standard InChI is InChI=1S/C16H30N2O/c1-13-5-2-3-6-14(13)17-9-10-18-11-12-19-16-8-4-7-15(16)18/h13-17H,2-12H2,1H3. The highest BCUT2D eigenvalue weighted by Crippen LogP contribution is 2.29. The van der Waals surface area contributed by atoms with Crippen molar-refractivity contribution in [3.8, 4) is 0 Å². The van der Waals surface area contributed by atoms with Crippen LogP contribution in [0.1, 0.15) is 51.9 Å². The van der Waals surface area contributed by atoms with Gasteiger partial charge in [-0.05, 0) is 38.0 Å². The van der Waals surface area contributed by atoms with E-state index in [1.807, 2.05) is 0 Å². The van der Waals surface area contributed by atoms with E-state index in [1.165, 1.54) is 51.5 Å². The molecular weight excluding hydrogens is 236 g/mol. The van der Waals surface area contributed by atoms with Crippen LogP contribution >= 0.6 is 0 Å². The summed E-state index contributed by atoms with van der Waals surface area (Å²) >= 11 is 0. The van der Waals surface area contributed by atoms with E-state index in [2.05, 4.69) is 17.1 Å². The van der Waals surface area contributed by atoms with Crippen molar-refractivity contribution in [1.29, 1.82) is 0 Å². The van der Waals surface area contributed by atoms with Crippen molar-refractivity contribution in [1.82, 2.24) is 10.2 Å². The summed E-state index contributed by atoms with van der Waals surface area (Å²) in [6, 6.07) is 1.49. The molecule has 3 aliphatic rings. The molecule has 1 N–H and O–H groups in total. The van der Waals surface area contributed by atoms with E-state index in [0.29, 0.717) is 6.10 Å². The summed E-state index contributed by atoms with van der Waals surface area (Å²) in [4.78, 5) is 2.68. The van der Waals surface area contributed by atoms with E-state index in [4.69, 9.17) is 4.74 Å². The molecule has 0 amide bonds. The molecule has 2 aliphatic carbocycles. The van der Waals surface area contributed by atoms with Crippen LogP contribution in [0.4, 0.5) is 0 Å². The summed E-state index contributed by atoms with van der Waals surface area (Å²) in [6.07, 6.45) is 10.2. The topological polar surface area (TPSA) is 24.5 Å². The van der Waals surface area contributed by atoms with Crippen LogP contribution < -0.4 is 5.32 Å². The number of nitrogens with one attached hydrogen (secondary N) is 1. The van der Waals surface area contributed by atoms with Gasteiger partial charge in [-0.1, -0.05) is 19.8 Å². The van der Waals surface area contributed by atoms with Gasteiger partial charge in [0.05, 0.1) is 12.7 Å². The quantitative estimate of drug-likeness (QED) is 0.845. The molecule has 1 saturated heterocycles. The predicted molar refractivity (Wildman–Crippen MR) is 78.4 cm³/mol. The highest BCUT2D eigenvalue weighted by atomic mass is 16.5. The van der Waals surface area contributed by atoms with Crippen LogP contribution in [0, 0.1) is 5.92 Å². The van der Waals surface area contributed by atoms with Crippen molar-refractivity contribution in [3.63, 3.8) is 0 Å². The van der Waals surface area contributed by atoms with Gasteiger partial charge in [0, 0.05) is 31.7 Å². The zero-order valence-corrected chi connectivity index (χ0v) is 12.4. The fourth-order valence-corrected chi connectivity index (χ4v) is 4.30. The van der Waals surface area contributed by atoms with Crippen LogP contribution in [0.5, 0.6) is 0 Å². The van der Waals surface area contributed by atoms with Gasteiger partial charge >= 0.3 is 0 Å². The van der Waals surface area contributed by atoms with Gasteiger partial charge in [-0.25, -0.2) is 0 Å². The summed E-state index contributed by atoms with van der Waals surface area (Å²) in [7, 11) is 0. The molecule has 0 radical (unpaired) electrons. The van der Waals surface area contributed by atoms with Gasteiger partial charge in [0.25, 0.3) is 0 Å². The first-order valence-corrected chi connectivity index (χ1v) is 8.43. The van der Waals surface area contributed by atoms with Crippen molar-refractivity contribution in [2.75, 3.05) is 26.2 Å². The molecule has 0 aromatic carbocycles. The number of ether oxygens (including phenoxy) is 1. The molecule has 1 heterocycles. The van der Waals surface area contributed by atoms with Crippen LogP contribution in [0.3, 0.4) is 0 Å². The molecule has 2 saturated carbocycles. The number of fused-ring (bicyclic) bond motifs is 1. The molecule has 0 aromatic rings. The third kappa shape index (κ3) is 3.32. The maximum atomic E-state index is 5.88. The minimum Gasteiger partial charge on any atom is -0.375 e. The zero-order chi connectivity index (χ0) is 13.1. The van der Waals surface area contributed by atoms with Crippen molar-refractivity contribution in [3.05, 3.63) is 0 Å². The van der Waals surface area contributed by atoms with Gasteiger partial charge in [0.15, 0.2) is 0 Å². The third-order valence-corrected chi connectivity index (χ3v) is 5.51. The average molecular weight is 266 g/mol. The Kier molecular flexibility index (Phi) is 4.78. The highest BCUT2D eigenvalue weighted by Gasteiger charge is 2.35. The minimum atomic E-state index is 0.544. The number of rotatable bonds is 4. The first-order chi connectivity index (χ1) is 9.34. The molecule has 3 nitrogen and oxygen atoms in total. The molecule has 3 heteroatoms. The monoisotopic (exact) mass is 266 g/mol. The van der Waals surface area contributed by atoms with Crippen molar-refractivity contribution < 1.29 is 4.74 Å². The molecular formula is C16H30N2O. The molecule has 0 aromatic heterocycles. The van der Waals surface area contributed by atoms with Gasteiger partial charge in [-0.3, -0.25) is 4.90 Å². The second kappa shape index (κ2) is 6.55. The molecule has 3 fully saturated rings. The zero-order valence-electron chi connectivity index (χ0n) is 12.4. The fraction of sp³-hybridized carbons (Fsp3) is 1.00. The second-order valence-corrected chi connectivity index (χ2v) is 6.77. The first-order valence-electron chi connectivity index (χ1n) is 8.43. The van der Waals surface area contributed by atoms with Gasteiger partial charge in [0.2, 0.25) is 0 Å². The molecule has 19 heavy (non-hydrogen) atoms. The number of nitrogens with zero attached hydrogens (tertiary/aromatic N) is 1. The Balaban J connectivity index is 1.41. The molecule has 3 rings (SSSR count). The Morgan fingerprint density at radius 2 is 2.00 bits per heavy atom. The van der Waals surface area contributed by atoms with Crippen LogP contribution in [0.2, 0.25) is 0 Å². The molecule has 4 unspecified atom stereocenters. The lowest BCUT2D eigenvalue weighted by Gasteiger charge is -2.38. The second-order valence-electron chi connectivity index (χ2n) is 6.77. The SMILES string of the molecule is CC1CCCCC1NCCN1CCOC2CCCC21. The lowest BCUT2D eigenvalue weighted by atomic mass is 9.86. The normalized spacial score (nSPS) is 40.3. The lowest BCUT2D eigenvalue weighted by molar-refractivity contribution is -0.0551. The molecule has 1 aliphatic heterocycles. The first kappa shape index (κ1) is 13.8. The highest BCUT2D eigenvalue weighted by molar-refractivity contribution is 4.89. The van der Waals surface area contributed by atoms with Gasteiger partial charge < -0.3 is 10.1 Å². The van der Waals surface area contributed by atoms with E-state index in [1.54, 1.807) is 0 Å². The van der Waals surface area contributed by atoms with Crippen LogP contribution in [-0.4, -0.2) is 49.3 Å². The maximum Gasteiger partial charge on any atom is 0.0730 e. The summed E-state index contributed by atoms with van der Waals surface area (Å²) < 4.78 is 5.88. The smallest absolute Gasteiger partial charge is 0.0730 e. The van der Waals surface area contributed by atoms with Crippen molar-refractivity contribution in [2.24, 2.45) is 5.92 Å². The summed E-state index contributed by atoms with van der Waals surface area (Å²) in [5.74, 6) is 0.873. The molecule has 0 spiro atoms. The molecule has 4 atom stereocenters. The van der Waals surface area contributed by atoms with Crippen molar-refractivity contribution in [2.45, 2.75) is 70.1 Å². The van der Waals surface area contributed by atoms with Crippen LogP contribution in [0.25, 0.3) is 0 Å². The van der Waals surface area contributed by atoms with Crippen LogP contribution in [-0.2, 0) is 4.74 Å². The summed E-state index contributed by atoms with van der Waals surface area (Å²) in [6.45, 7) is 6.88. The third-order valence-electron chi connectivity index (χ3n) is 5.51. The Labute approximate surface area is 118 Å². The molecule has 0 bridgehead atoms. The average Bonchev–Trinajstić information content (AvgIpc) is 2.90. The van der Waals surface area contributed by atoms with E-state index in [-0.39, 0.29) is 0 Å². The van der Waals surface area contributed by atoms with Gasteiger partial charge in [-0.15, -0.1) is 0 Å².